The van der Waals surface area contributed by atoms with Gasteiger partial charge in [-0.25, -0.2) is 19.2 Å². The molecule has 2 fully saturated rings. The topological polar surface area (TPSA) is 67.4 Å². The molecular formula is C17H25FN4O2. The molecule has 24 heavy (non-hydrogen) atoms. The summed E-state index contributed by atoms with van der Waals surface area (Å²) in [5.74, 6) is -0.490. The highest BCUT2D eigenvalue weighted by atomic mass is 19.1. The van der Waals surface area contributed by atoms with E-state index in [4.69, 9.17) is 4.74 Å². The van der Waals surface area contributed by atoms with Gasteiger partial charge in [-0.2, -0.15) is 0 Å². The Balaban J connectivity index is 1.50. The summed E-state index contributed by atoms with van der Waals surface area (Å²) in [6, 6.07) is 0.448. The Bertz CT molecular complexity index is 532. The Morgan fingerprint density at radius 2 is 1.83 bits per heavy atom. The first-order valence-corrected chi connectivity index (χ1v) is 8.90. The van der Waals surface area contributed by atoms with Crippen LogP contribution in [0.1, 0.15) is 51.4 Å². The highest BCUT2D eigenvalue weighted by Crippen LogP contribution is 2.19. The lowest BCUT2D eigenvalue weighted by Crippen LogP contribution is -2.51. The van der Waals surface area contributed by atoms with E-state index in [0.29, 0.717) is 12.6 Å². The molecule has 0 bridgehead atoms. The van der Waals surface area contributed by atoms with Crippen LogP contribution in [-0.4, -0.2) is 46.1 Å². The van der Waals surface area contributed by atoms with Crippen LogP contribution < -0.4 is 10.1 Å². The van der Waals surface area contributed by atoms with E-state index in [-0.39, 0.29) is 18.1 Å². The zero-order valence-corrected chi connectivity index (χ0v) is 13.9. The van der Waals surface area contributed by atoms with Crippen LogP contribution in [0.3, 0.4) is 0 Å². The van der Waals surface area contributed by atoms with Gasteiger partial charge in [-0.15, -0.1) is 0 Å². The van der Waals surface area contributed by atoms with Crippen molar-refractivity contribution in [3.8, 4) is 6.01 Å². The fourth-order valence-electron chi connectivity index (χ4n) is 3.42. The van der Waals surface area contributed by atoms with Crippen molar-refractivity contribution in [3.63, 3.8) is 0 Å². The molecule has 3 rings (SSSR count). The van der Waals surface area contributed by atoms with Crippen molar-refractivity contribution < 1.29 is 13.9 Å². The Morgan fingerprint density at radius 1 is 1.12 bits per heavy atom. The summed E-state index contributed by atoms with van der Waals surface area (Å²) in [7, 11) is 0. The van der Waals surface area contributed by atoms with Gasteiger partial charge in [0.05, 0.1) is 18.9 Å². The number of hydrogen-bond donors (Lipinski definition) is 1. The molecule has 1 atom stereocenters. The molecule has 132 valence electrons. The van der Waals surface area contributed by atoms with Crippen LogP contribution in [0.25, 0.3) is 0 Å². The third-order valence-corrected chi connectivity index (χ3v) is 4.72. The van der Waals surface area contributed by atoms with Crippen LogP contribution in [0.15, 0.2) is 12.4 Å². The number of likely N-dealkylation sites (tertiary alicyclic amines) is 1. The highest BCUT2D eigenvalue weighted by molar-refractivity contribution is 5.74. The van der Waals surface area contributed by atoms with Gasteiger partial charge in [0.25, 0.3) is 0 Å². The van der Waals surface area contributed by atoms with Gasteiger partial charge in [-0.1, -0.05) is 25.7 Å². The summed E-state index contributed by atoms with van der Waals surface area (Å²) in [5.41, 5.74) is 0. The zero-order valence-electron chi connectivity index (χ0n) is 13.9. The fourth-order valence-corrected chi connectivity index (χ4v) is 3.42. The predicted octanol–water partition coefficient (Wildman–Crippen LogP) is 2.89. The van der Waals surface area contributed by atoms with Gasteiger partial charge in [0.1, 0.15) is 6.10 Å². The monoisotopic (exact) mass is 336 g/mol. The number of ether oxygens (including phenoxy) is 1. The number of aromatic nitrogens is 2. The summed E-state index contributed by atoms with van der Waals surface area (Å²) in [5, 5.41) is 3.17. The number of hydrogen-bond acceptors (Lipinski definition) is 4. The lowest BCUT2D eigenvalue weighted by atomic mass is 10.1. The van der Waals surface area contributed by atoms with Crippen LogP contribution in [0.4, 0.5) is 9.18 Å². The molecule has 1 aromatic heterocycles. The third-order valence-electron chi connectivity index (χ3n) is 4.72. The molecule has 1 aliphatic heterocycles. The Labute approximate surface area is 141 Å². The number of urea groups is 1. The number of rotatable bonds is 3. The lowest BCUT2D eigenvalue weighted by Gasteiger charge is -2.33. The number of piperidine rings is 1. The first kappa shape index (κ1) is 16.9. The van der Waals surface area contributed by atoms with Gasteiger partial charge < -0.3 is 15.0 Å². The normalized spacial score (nSPS) is 22.7. The zero-order chi connectivity index (χ0) is 16.8. The molecule has 1 N–H and O–H groups in total. The first-order valence-electron chi connectivity index (χ1n) is 8.90. The molecule has 6 nitrogen and oxygen atoms in total. The van der Waals surface area contributed by atoms with Gasteiger partial charge in [-0.05, 0) is 25.7 Å². The Morgan fingerprint density at radius 3 is 2.54 bits per heavy atom. The quantitative estimate of drug-likeness (QED) is 0.862. The number of carbonyl (C=O) groups is 1. The minimum Gasteiger partial charge on any atom is -0.458 e. The minimum atomic E-state index is -0.490. The maximum Gasteiger partial charge on any atom is 0.317 e. The van der Waals surface area contributed by atoms with Crippen molar-refractivity contribution in [1.29, 1.82) is 0 Å². The second kappa shape index (κ2) is 8.26. The van der Waals surface area contributed by atoms with E-state index in [0.717, 1.165) is 44.6 Å². The molecule has 0 spiro atoms. The molecule has 2 amide bonds. The number of nitrogens with zero attached hydrogens (tertiary/aromatic N) is 3. The van der Waals surface area contributed by atoms with E-state index >= 15 is 0 Å². The van der Waals surface area contributed by atoms with Gasteiger partial charge in [-0.3, -0.25) is 0 Å². The molecule has 1 aromatic rings. The average Bonchev–Trinajstić information content (AvgIpc) is 2.86. The average molecular weight is 336 g/mol. The van der Waals surface area contributed by atoms with Crippen molar-refractivity contribution in [2.75, 3.05) is 13.1 Å². The summed E-state index contributed by atoms with van der Waals surface area (Å²) in [6.07, 6.45) is 10.8. The number of halogens is 1. The number of carbonyl (C=O) groups excluding carboxylic acids is 1. The molecule has 1 saturated carbocycles. The van der Waals surface area contributed by atoms with Crippen LogP contribution in [0.5, 0.6) is 6.01 Å². The second-order valence-corrected chi connectivity index (χ2v) is 6.65. The molecule has 1 saturated heterocycles. The fraction of sp³-hybridized carbons (Fsp3) is 0.706. The van der Waals surface area contributed by atoms with E-state index in [1.54, 1.807) is 0 Å². The van der Waals surface area contributed by atoms with Crippen LogP contribution >= 0.6 is 0 Å². The summed E-state index contributed by atoms with van der Waals surface area (Å²) < 4.78 is 18.5. The standard InChI is InChI=1S/C17H25FN4O2/c18-13-10-19-16(20-11-13)24-15-8-5-9-22(12-15)17(23)21-14-6-3-1-2-4-7-14/h10-11,14-15H,1-9,12H2,(H,21,23). The van der Waals surface area contributed by atoms with Crippen LogP contribution in [0, 0.1) is 5.82 Å². The maximum atomic E-state index is 12.8. The van der Waals surface area contributed by atoms with Gasteiger partial charge in [0.2, 0.25) is 0 Å². The smallest absolute Gasteiger partial charge is 0.317 e. The third kappa shape index (κ3) is 4.79. The maximum absolute atomic E-state index is 12.8. The Kier molecular flexibility index (Phi) is 5.82. The molecule has 0 radical (unpaired) electrons. The van der Waals surface area contributed by atoms with E-state index in [1.807, 2.05) is 4.90 Å². The van der Waals surface area contributed by atoms with Crippen molar-refractivity contribution >= 4 is 6.03 Å². The van der Waals surface area contributed by atoms with Crippen molar-refractivity contribution in [3.05, 3.63) is 18.2 Å². The van der Waals surface area contributed by atoms with Crippen molar-refractivity contribution in [1.82, 2.24) is 20.2 Å². The van der Waals surface area contributed by atoms with E-state index in [2.05, 4.69) is 15.3 Å². The predicted molar refractivity (Wildman–Crippen MR) is 87.2 cm³/mol. The highest BCUT2D eigenvalue weighted by Gasteiger charge is 2.27. The minimum absolute atomic E-state index is 0.00442. The van der Waals surface area contributed by atoms with Crippen molar-refractivity contribution in [2.45, 2.75) is 63.5 Å². The number of nitrogens with one attached hydrogen (secondary N) is 1. The second-order valence-electron chi connectivity index (χ2n) is 6.65. The molecule has 0 aromatic carbocycles. The van der Waals surface area contributed by atoms with Gasteiger partial charge >= 0.3 is 12.0 Å². The molecule has 7 heteroatoms. The number of amides is 2. The van der Waals surface area contributed by atoms with Crippen LogP contribution in [-0.2, 0) is 0 Å². The van der Waals surface area contributed by atoms with Crippen LogP contribution in [0.2, 0.25) is 0 Å². The summed E-state index contributed by atoms with van der Waals surface area (Å²) in [4.78, 5) is 21.9. The van der Waals surface area contributed by atoms with Gasteiger partial charge in [0.15, 0.2) is 5.82 Å². The molecule has 2 aliphatic rings. The van der Waals surface area contributed by atoms with Gasteiger partial charge in [0, 0.05) is 12.6 Å². The first-order chi connectivity index (χ1) is 11.7. The van der Waals surface area contributed by atoms with E-state index < -0.39 is 5.82 Å². The largest absolute Gasteiger partial charge is 0.458 e. The molecule has 2 heterocycles. The summed E-state index contributed by atoms with van der Waals surface area (Å²) in [6.45, 7) is 1.25. The van der Waals surface area contributed by atoms with E-state index in [9.17, 15) is 9.18 Å². The van der Waals surface area contributed by atoms with E-state index in [1.165, 1.54) is 25.7 Å². The Hall–Kier alpha value is -1.92. The molecule has 1 unspecified atom stereocenters. The van der Waals surface area contributed by atoms with Crippen molar-refractivity contribution in [2.24, 2.45) is 0 Å². The SMILES string of the molecule is O=C(NC1CCCCCC1)N1CCCC(Oc2ncc(F)cn2)C1. The molecule has 1 aliphatic carbocycles. The summed E-state index contributed by atoms with van der Waals surface area (Å²) >= 11 is 0. The molecular weight excluding hydrogens is 311 g/mol. The lowest BCUT2D eigenvalue weighted by molar-refractivity contribution is 0.0924.